The topological polar surface area (TPSA) is 51.0 Å². The number of aromatic nitrogens is 2. The molecule has 4 heteroatoms. The van der Waals surface area contributed by atoms with Gasteiger partial charge >= 0.3 is 0 Å². The zero-order chi connectivity index (χ0) is 14.7. The van der Waals surface area contributed by atoms with E-state index in [1.165, 1.54) is 30.4 Å². The monoisotopic (exact) mass is 285 g/mol. The molecule has 0 saturated heterocycles. The van der Waals surface area contributed by atoms with Crippen molar-refractivity contribution in [1.29, 1.82) is 0 Å². The fraction of sp³-hybridized carbons (Fsp3) is 0.529. The Bertz CT molecular complexity index is 606. The maximum absolute atomic E-state index is 5.89. The van der Waals surface area contributed by atoms with Gasteiger partial charge in [-0.15, -0.1) is 10.2 Å². The molecule has 0 bridgehead atoms. The molecule has 1 aliphatic rings. The summed E-state index contributed by atoms with van der Waals surface area (Å²) in [7, 11) is 0. The van der Waals surface area contributed by atoms with E-state index in [1.54, 1.807) is 0 Å². The smallest absolute Gasteiger partial charge is 0.247 e. The van der Waals surface area contributed by atoms with Crippen LogP contribution < -0.4 is 5.32 Å². The van der Waals surface area contributed by atoms with Crippen molar-refractivity contribution < 1.29 is 4.42 Å². The van der Waals surface area contributed by atoms with E-state index < -0.39 is 0 Å². The van der Waals surface area contributed by atoms with Gasteiger partial charge in [0.25, 0.3) is 0 Å². The van der Waals surface area contributed by atoms with Gasteiger partial charge in [-0.25, -0.2) is 0 Å². The van der Waals surface area contributed by atoms with Crippen molar-refractivity contribution >= 4 is 0 Å². The third kappa shape index (κ3) is 3.00. The average molecular weight is 285 g/mol. The molecule has 0 saturated carbocycles. The Balaban J connectivity index is 1.81. The fourth-order valence-corrected chi connectivity index (χ4v) is 2.92. The normalized spacial score (nSPS) is 15.1. The molecule has 1 atom stereocenters. The van der Waals surface area contributed by atoms with Gasteiger partial charge < -0.3 is 9.73 Å². The van der Waals surface area contributed by atoms with E-state index in [1.807, 2.05) is 0 Å². The highest BCUT2D eigenvalue weighted by atomic mass is 16.4. The van der Waals surface area contributed by atoms with Crippen molar-refractivity contribution in [1.82, 2.24) is 15.5 Å². The maximum Gasteiger partial charge on any atom is 0.247 e. The quantitative estimate of drug-likeness (QED) is 0.879. The van der Waals surface area contributed by atoms with Crippen molar-refractivity contribution in [3.8, 4) is 11.5 Å². The molecule has 1 N–H and O–H groups in total. The fourth-order valence-electron chi connectivity index (χ4n) is 2.92. The molecule has 1 aromatic heterocycles. The van der Waals surface area contributed by atoms with Crippen LogP contribution in [-0.2, 0) is 12.8 Å². The first-order valence-electron chi connectivity index (χ1n) is 8.00. The molecule has 3 rings (SSSR count). The van der Waals surface area contributed by atoms with Crippen molar-refractivity contribution in [2.24, 2.45) is 0 Å². The van der Waals surface area contributed by atoms with Crippen LogP contribution in [0.1, 0.15) is 56.2 Å². The van der Waals surface area contributed by atoms with E-state index in [-0.39, 0.29) is 6.04 Å². The second-order valence-electron chi connectivity index (χ2n) is 5.70. The lowest BCUT2D eigenvalue weighted by atomic mass is 10.1. The molecule has 4 nitrogen and oxygen atoms in total. The minimum atomic E-state index is 0.153. The largest absolute Gasteiger partial charge is 0.419 e. The predicted octanol–water partition coefficient (Wildman–Crippen LogP) is 3.68. The molecule has 1 aromatic carbocycles. The van der Waals surface area contributed by atoms with Gasteiger partial charge in [0, 0.05) is 5.56 Å². The Labute approximate surface area is 126 Å². The molecule has 1 heterocycles. The van der Waals surface area contributed by atoms with Gasteiger partial charge in [-0.05, 0) is 61.9 Å². The van der Waals surface area contributed by atoms with Crippen LogP contribution >= 0.6 is 0 Å². The van der Waals surface area contributed by atoms with Gasteiger partial charge in [-0.2, -0.15) is 0 Å². The Morgan fingerprint density at radius 1 is 1.19 bits per heavy atom. The molecule has 1 aliphatic carbocycles. The maximum atomic E-state index is 5.89. The highest BCUT2D eigenvalue weighted by molar-refractivity contribution is 5.56. The van der Waals surface area contributed by atoms with Crippen molar-refractivity contribution in [2.75, 3.05) is 6.54 Å². The van der Waals surface area contributed by atoms with E-state index in [0.29, 0.717) is 11.8 Å². The molecule has 2 aromatic rings. The van der Waals surface area contributed by atoms with E-state index in [4.69, 9.17) is 4.42 Å². The van der Waals surface area contributed by atoms with Crippen LogP contribution in [0, 0.1) is 0 Å². The molecule has 1 unspecified atom stereocenters. The summed E-state index contributed by atoms with van der Waals surface area (Å²) < 4.78 is 5.89. The van der Waals surface area contributed by atoms with Gasteiger partial charge in [0.1, 0.15) is 0 Å². The summed E-state index contributed by atoms with van der Waals surface area (Å²) in [6.45, 7) is 5.26. The first kappa shape index (κ1) is 14.3. The summed E-state index contributed by atoms with van der Waals surface area (Å²) >= 11 is 0. The Morgan fingerprint density at radius 3 is 2.86 bits per heavy atom. The Morgan fingerprint density at radius 2 is 2.05 bits per heavy atom. The van der Waals surface area contributed by atoms with Crippen LogP contribution in [0.2, 0.25) is 0 Å². The number of hydrogen-bond acceptors (Lipinski definition) is 4. The molecule has 0 aliphatic heterocycles. The third-order valence-corrected chi connectivity index (χ3v) is 4.13. The van der Waals surface area contributed by atoms with Crippen LogP contribution in [0.5, 0.6) is 0 Å². The zero-order valence-electron chi connectivity index (χ0n) is 12.9. The molecule has 0 amide bonds. The van der Waals surface area contributed by atoms with E-state index >= 15 is 0 Å². The van der Waals surface area contributed by atoms with Crippen LogP contribution in [0.4, 0.5) is 0 Å². The zero-order valence-corrected chi connectivity index (χ0v) is 12.9. The molecule has 21 heavy (non-hydrogen) atoms. The van der Waals surface area contributed by atoms with E-state index in [0.717, 1.165) is 24.9 Å². The minimum absolute atomic E-state index is 0.153. The SMILES string of the molecule is CCCNC(CC)c1nnc(-c2ccc3c(c2)CCC3)o1. The minimum Gasteiger partial charge on any atom is -0.419 e. The molecular formula is C17H23N3O. The standard InChI is InChI=1S/C17H23N3O/c1-3-10-18-15(4-2)17-20-19-16(21-17)14-9-8-12-6-5-7-13(12)11-14/h8-9,11,15,18H,3-7,10H2,1-2H3. The molecule has 112 valence electrons. The Kier molecular flexibility index (Phi) is 4.34. The first-order valence-corrected chi connectivity index (χ1v) is 8.00. The van der Waals surface area contributed by atoms with Crippen molar-refractivity contribution in [2.45, 2.75) is 52.0 Å². The number of nitrogens with zero attached hydrogens (tertiary/aromatic N) is 2. The number of benzene rings is 1. The summed E-state index contributed by atoms with van der Waals surface area (Å²) in [6, 6.07) is 6.66. The highest BCUT2D eigenvalue weighted by Gasteiger charge is 2.18. The summed E-state index contributed by atoms with van der Waals surface area (Å²) in [5.41, 5.74) is 3.94. The number of rotatable bonds is 6. The van der Waals surface area contributed by atoms with E-state index in [9.17, 15) is 0 Å². The van der Waals surface area contributed by atoms with Gasteiger partial charge in [-0.1, -0.05) is 19.9 Å². The van der Waals surface area contributed by atoms with Crippen LogP contribution in [-0.4, -0.2) is 16.7 Å². The number of aryl methyl sites for hydroxylation is 2. The highest BCUT2D eigenvalue weighted by Crippen LogP contribution is 2.28. The van der Waals surface area contributed by atoms with Crippen LogP contribution in [0.15, 0.2) is 22.6 Å². The van der Waals surface area contributed by atoms with Crippen LogP contribution in [0.25, 0.3) is 11.5 Å². The summed E-state index contributed by atoms with van der Waals surface area (Å²) in [5.74, 6) is 1.33. The van der Waals surface area contributed by atoms with Crippen LogP contribution in [0.3, 0.4) is 0 Å². The second kappa shape index (κ2) is 6.39. The average Bonchev–Trinajstić information content (AvgIpc) is 3.16. The number of hydrogen-bond donors (Lipinski definition) is 1. The summed E-state index contributed by atoms with van der Waals surface area (Å²) in [4.78, 5) is 0. The summed E-state index contributed by atoms with van der Waals surface area (Å²) in [5, 5.41) is 11.9. The van der Waals surface area contributed by atoms with Gasteiger partial charge in [0.05, 0.1) is 6.04 Å². The molecular weight excluding hydrogens is 262 g/mol. The number of nitrogens with one attached hydrogen (secondary N) is 1. The lowest BCUT2D eigenvalue weighted by molar-refractivity contribution is 0.396. The van der Waals surface area contributed by atoms with Gasteiger partial charge in [0.2, 0.25) is 11.8 Å². The van der Waals surface area contributed by atoms with E-state index in [2.05, 4.69) is 47.6 Å². The van der Waals surface area contributed by atoms with Gasteiger partial charge in [0.15, 0.2) is 0 Å². The first-order chi connectivity index (χ1) is 10.3. The second-order valence-corrected chi connectivity index (χ2v) is 5.70. The number of fused-ring (bicyclic) bond motifs is 1. The lowest BCUT2D eigenvalue weighted by Crippen LogP contribution is -2.21. The third-order valence-electron chi connectivity index (χ3n) is 4.13. The molecule has 0 fully saturated rings. The Hall–Kier alpha value is -1.68. The lowest BCUT2D eigenvalue weighted by Gasteiger charge is -2.11. The van der Waals surface area contributed by atoms with Crippen molar-refractivity contribution in [3.05, 3.63) is 35.2 Å². The summed E-state index contributed by atoms with van der Waals surface area (Å²) in [6.07, 6.45) is 5.67. The van der Waals surface area contributed by atoms with Gasteiger partial charge in [-0.3, -0.25) is 0 Å². The van der Waals surface area contributed by atoms with Crippen molar-refractivity contribution in [3.63, 3.8) is 0 Å². The molecule has 0 spiro atoms. The molecule has 0 radical (unpaired) electrons. The predicted molar refractivity (Wildman–Crippen MR) is 83.1 cm³/mol.